The van der Waals surface area contributed by atoms with Crippen molar-refractivity contribution in [3.63, 3.8) is 0 Å². The van der Waals surface area contributed by atoms with E-state index in [-0.39, 0.29) is 5.82 Å². The summed E-state index contributed by atoms with van der Waals surface area (Å²) in [6.45, 7) is 6.17. The number of benzene rings is 1. The van der Waals surface area contributed by atoms with Crippen LogP contribution in [-0.2, 0) is 6.54 Å². The molecule has 0 atom stereocenters. The van der Waals surface area contributed by atoms with Gasteiger partial charge in [-0.1, -0.05) is 6.07 Å². The topological polar surface area (TPSA) is 43.8 Å². The van der Waals surface area contributed by atoms with Gasteiger partial charge in [0.15, 0.2) is 5.96 Å². The maximum Gasteiger partial charge on any atom is 0.194 e. The Morgan fingerprint density at radius 3 is 2.48 bits per heavy atom. The van der Waals surface area contributed by atoms with Crippen LogP contribution in [0.25, 0.3) is 0 Å². The molecule has 1 aliphatic heterocycles. The molecular weight excluding hydrogens is 317 g/mol. The van der Waals surface area contributed by atoms with Crippen LogP contribution in [0, 0.1) is 12.7 Å². The zero-order valence-electron chi connectivity index (χ0n) is 14.7. The molecule has 1 N–H and O–H groups in total. The van der Waals surface area contributed by atoms with Crippen LogP contribution in [0.5, 0.6) is 0 Å². The van der Waals surface area contributed by atoms with E-state index in [1.54, 1.807) is 7.05 Å². The molecule has 3 rings (SSSR count). The van der Waals surface area contributed by atoms with Gasteiger partial charge in [-0.2, -0.15) is 0 Å². The molecular formula is C19H24FN5. The minimum Gasteiger partial charge on any atom is -0.368 e. The fourth-order valence-corrected chi connectivity index (χ4v) is 3.03. The summed E-state index contributed by atoms with van der Waals surface area (Å²) in [6.07, 6.45) is 0. The number of aryl methyl sites for hydroxylation is 1. The van der Waals surface area contributed by atoms with Gasteiger partial charge in [-0.25, -0.2) is 4.39 Å². The largest absolute Gasteiger partial charge is 0.368 e. The van der Waals surface area contributed by atoms with Crippen molar-refractivity contribution >= 4 is 11.6 Å². The molecule has 0 spiro atoms. The Labute approximate surface area is 148 Å². The minimum atomic E-state index is -0.197. The van der Waals surface area contributed by atoms with E-state index in [4.69, 9.17) is 0 Å². The average molecular weight is 341 g/mol. The number of aromatic nitrogens is 1. The average Bonchev–Trinajstić information content (AvgIpc) is 2.63. The summed E-state index contributed by atoms with van der Waals surface area (Å²) in [5.74, 6) is 0.693. The van der Waals surface area contributed by atoms with E-state index in [2.05, 4.69) is 25.1 Å². The van der Waals surface area contributed by atoms with Crippen molar-refractivity contribution in [2.24, 2.45) is 4.99 Å². The Kier molecular flexibility index (Phi) is 5.48. The highest BCUT2D eigenvalue weighted by molar-refractivity contribution is 5.80. The van der Waals surface area contributed by atoms with E-state index in [0.717, 1.165) is 49.2 Å². The fourth-order valence-electron chi connectivity index (χ4n) is 3.03. The van der Waals surface area contributed by atoms with Crippen molar-refractivity contribution in [3.8, 4) is 0 Å². The Bertz CT molecular complexity index is 721. The first kappa shape index (κ1) is 17.2. The number of piperazine rings is 1. The molecule has 2 heterocycles. The third-order valence-electron chi connectivity index (χ3n) is 4.36. The van der Waals surface area contributed by atoms with Crippen LogP contribution >= 0.6 is 0 Å². The molecule has 0 amide bonds. The van der Waals surface area contributed by atoms with E-state index < -0.39 is 0 Å². The lowest BCUT2D eigenvalue weighted by Crippen LogP contribution is -2.52. The standard InChI is InChI=1S/C19H24FN5/c1-15-4-3-5-17(23-15)14-22-19(21-2)25-12-10-24(11-13-25)18-8-6-16(20)7-9-18/h3-9H,10-14H2,1-2H3,(H,21,22). The molecule has 2 aromatic rings. The van der Waals surface area contributed by atoms with Gasteiger partial charge in [0.25, 0.3) is 0 Å². The molecule has 0 unspecified atom stereocenters. The van der Waals surface area contributed by atoms with Crippen molar-refractivity contribution in [1.29, 1.82) is 0 Å². The number of nitrogens with zero attached hydrogens (tertiary/aromatic N) is 4. The third-order valence-corrected chi connectivity index (χ3v) is 4.36. The van der Waals surface area contributed by atoms with E-state index in [9.17, 15) is 4.39 Å². The maximum absolute atomic E-state index is 13.1. The predicted molar refractivity (Wildman–Crippen MR) is 99.4 cm³/mol. The maximum atomic E-state index is 13.1. The lowest BCUT2D eigenvalue weighted by molar-refractivity contribution is 0.372. The van der Waals surface area contributed by atoms with Crippen LogP contribution in [0.1, 0.15) is 11.4 Å². The first-order chi connectivity index (χ1) is 12.2. The van der Waals surface area contributed by atoms with Crippen LogP contribution < -0.4 is 10.2 Å². The molecule has 0 aliphatic carbocycles. The first-order valence-corrected chi connectivity index (χ1v) is 8.54. The van der Waals surface area contributed by atoms with Crippen LogP contribution in [0.3, 0.4) is 0 Å². The second-order valence-electron chi connectivity index (χ2n) is 6.12. The summed E-state index contributed by atoms with van der Waals surface area (Å²) in [6, 6.07) is 12.7. The molecule has 6 heteroatoms. The van der Waals surface area contributed by atoms with E-state index >= 15 is 0 Å². The molecule has 1 aromatic heterocycles. The van der Waals surface area contributed by atoms with Crippen molar-refractivity contribution in [1.82, 2.24) is 15.2 Å². The van der Waals surface area contributed by atoms with Gasteiger partial charge in [0.2, 0.25) is 0 Å². The molecule has 1 aliphatic rings. The van der Waals surface area contributed by atoms with Crippen LogP contribution in [0.4, 0.5) is 10.1 Å². The number of nitrogens with one attached hydrogen (secondary N) is 1. The predicted octanol–water partition coefficient (Wildman–Crippen LogP) is 2.43. The normalized spacial score (nSPS) is 15.4. The Hall–Kier alpha value is -2.63. The number of pyridine rings is 1. The number of rotatable bonds is 3. The summed E-state index contributed by atoms with van der Waals surface area (Å²) in [5.41, 5.74) is 3.08. The number of aliphatic imine (C=N–C) groups is 1. The second-order valence-corrected chi connectivity index (χ2v) is 6.12. The van der Waals surface area contributed by atoms with Gasteiger partial charge in [0.1, 0.15) is 5.82 Å². The molecule has 0 saturated carbocycles. The summed E-state index contributed by atoms with van der Waals surface area (Å²) in [5, 5.41) is 3.39. The highest BCUT2D eigenvalue weighted by Crippen LogP contribution is 2.17. The Morgan fingerprint density at radius 1 is 1.12 bits per heavy atom. The van der Waals surface area contributed by atoms with Crippen molar-refractivity contribution in [2.45, 2.75) is 13.5 Å². The van der Waals surface area contributed by atoms with Crippen molar-refractivity contribution < 1.29 is 4.39 Å². The van der Waals surface area contributed by atoms with Gasteiger partial charge in [-0.3, -0.25) is 9.98 Å². The molecule has 0 radical (unpaired) electrons. The van der Waals surface area contributed by atoms with E-state index in [1.165, 1.54) is 12.1 Å². The number of hydrogen-bond acceptors (Lipinski definition) is 3. The molecule has 1 aromatic carbocycles. The van der Waals surface area contributed by atoms with Gasteiger partial charge < -0.3 is 15.1 Å². The molecule has 5 nitrogen and oxygen atoms in total. The van der Waals surface area contributed by atoms with Crippen molar-refractivity contribution in [3.05, 3.63) is 59.7 Å². The Balaban J connectivity index is 1.54. The van der Waals surface area contributed by atoms with E-state index in [1.807, 2.05) is 37.3 Å². The SMILES string of the molecule is CN=C(NCc1cccc(C)n1)N1CCN(c2ccc(F)cc2)CC1. The summed E-state index contributed by atoms with van der Waals surface area (Å²) < 4.78 is 13.1. The van der Waals surface area contributed by atoms with Gasteiger partial charge in [0, 0.05) is 44.6 Å². The number of guanidine groups is 1. The molecule has 0 bridgehead atoms. The smallest absolute Gasteiger partial charge is 0.194 e. The Morgan fingerprint density at radius 2 is 1.84 bits per heavy atom. The molecule has 1 fully saturated rings. The summed E-state index contributed by atoms with van der Waals surface area (Å²) in [7, 11) is 1.80. The minimum absolute atomic E-state index is 0.197. The van der Waals surface area contributed by atoms with Gasteiger partial charge in [-0.15, -0.1) is 0 Å². The second kappa shape index (κ2) is 7.96. The summed E-state index contributed by atoms with van der Waals surface area (Å²) in [4.78, 5) is 13.4. The van der Waals surface area contributed by atoms with E-state index in [0.29, 0.717) is 6.54 Å². The lowest BCUT2D eigenvalue weighted by atomic mass is 10.2. The lowest BCUT2D eigenvalue weighted by Gasteiger charge is -2.37. The highest BCUT2D eigenvalue weighted by atomic mass is 19.1. The quantitative estimate of drug-likeness (QED) is 0.688. The number of anilines is 1. The zero-order chi connectivity index (χ0) is 17.6. The van der Waals surface area contributed by atoms with Gasteiger partial charge in [-0.05, 0) is 43.3 Å². The monoisotopic (exact) mass is 341 g/mol. The number of halogens is 1. The first-order valence-electron chi connectivity index (χ1n) is 8.54. The molecule has 1 saturated heterocycles. The van der Waals surface area contributed by atoms with Gasteiger partial charge >= 0.3 is 0 Å². The molecule has 132 valence electrons. The van der Waals surface area contributed by atoms with Crippen molar-refractivity contribution in [2.75, 3.05) is 38.1 Å². The summed E-state index contributed by atoms with van der Waals surface area (Å²) >= 11 is 0. The molecule has 25 heavy (non-hydrogen) atoms. The number of hydrogen-bond donors (Lipinski definition) is 1. The van der Waals surface area contributed by atoms with Crippen LogP contribution in [-0.4, -0.2) is 49.1 Å². The van der Waals surface area contributed by atoms with Gasteiger partial charge in [0.05, 0.1) is 12.2 Å². The zero-order valence-corrected chi connectivity index (χ0v) is 14.7. The highest BCUT2D eigenvalue weighted by Gasteiger charge is 2.19. The fraction of sp³-hybridized carbons (Fsp3) is 0.368. The third kappa shape index (κ3) is 4.47. The van der Waals surface area contributed by atoms with Crippen LogP contribution in [0.15, 0.2) is 47.5 Å². The van der Waals surface area contributed by atoms with Crippen LogP contribution in [0.2, 0.25) is 0 Å².